The van der Waals surface area contributed by atoms with Crippen LogP contribution in [0.5, 0.6) is 0 Å². The molecule has 23 heavy (non-hydrogen) atoms. The summed E-state index contributed by atoms with van der Waals surface area (Å²) in [6, 6.07) is 16.0. The molecule has 2 aromatic rings. The Morgan fingerprint density at radius 3 is 1.52 bits per heavy atom. The zero-order valence-electron chi connectivity index (χ0n) is 12.5. The van der Waals surface area contributed by atoms with E-state index in [0.29, 0.717) is 0 Å². The fourth-order valence-corrected chi connectivity index (χ4v) is 2.07. The molecule has 0 radical (unpaired) electrons. The van der Waals surface area contributed by atoms with Gasteiger partial charge in [-0.3, -0.25) is 0 Å². The van der Waals surface area contributed by atoms with Crippen molar-refractivity contribution in [3.8, 4) is 0 Å². The minimum atomic E-state index is 0. The van der Waals surface area contributed by atoms with Gasteiger partial charge in [0.1, 0.15) is 0 Å². The van der Waals surface area contributed by atoms with Gasteiger partial charge in [0.25, 0.3) is 0 Å². The molecule has 2 aromatic carbocycles. The molecule has 0 atom stereocenters. The molecule has 0 saturated heterocycles. The maximum atomic E-state index is 4.19. The number of hydrogen-bond donors (Lipinski definition) is 2. The standard InChI is InChI=1S/2C9H8N2.H2O/c2*1-2-4-9-8(3-1)5-6-10-7-11-9;/h2*1-7H,(H,10,11);1H2. The van der Waals surface area contributed by atoms with Crippen molar-refractivity contribution >= 4 is 36.2 Å². The van der Waals surface area contributed by atoms with E-state index < -0.39 is 0 Å². The van der Waals surface area contributed by atoms with E-state index in [2.05, 4.69) is 20.6 Å². The summed E-state index contributed by atoms with van der Waals surface area (Å²) in [5.41, 5.74) is 4.31. The van der Waals surface area contributed by atoms with Gasteiger partial charge >= 0.3 is 0 Å². The Hall–Kier alpha value is -3.18. The van der Waals surface area contributed by atoms with Crippen molar-refractivity contribution in [2.75, 3.05) is 0 Å². The number of aliphatic imine (C=N–C) groups is 2. The van der Waals surface area contributed by atoms with Crippen LogP contribution in [0.25, 0.3) is 12.2 Å². The average molecular weight is 306 g/mol. The SMILES string of the molecule is C1=Cc2ccccc2N=CN1.C1=Cc2ccccc2N=CN1.O. The monoisotopic (exact) mass is 306 g/mol. The molecular formula is C18H18N4O. The highest BCUT2D eigenvalue weighted by Crippen LogP contribution is 2.20. The van der Waals surface area contributed by atoms with E-state index in [4.69, 9.17) is 0 Å². The lowest BCUT2D eigenvalue weighted by molar-refractivity contribution is 0.824. The van der Waals surface area contributed by atoms with Crippen LogP contribution in [0.1, 0.15) is 11.1 Å². The van der Waals surface area contributed by atoms with Gasteiger partial charge in [0, 0.05) is 23.5 Å². The predicted molar refractivity (Wildman–Crippen MR) is 97.1 cm³/mol. The summed E-state index contributed by atoms with van der Waals surface area (Å²) in [5.74, 6) is 0. The molecule has 0 fully saturated rings. The molecule has 0 spiro atoms. The van der Waals surface area contributed by atoms with Gasteiger partial charge in [-0.05, 0) is 24.3 Å². The van der Waals surface area contributed by atoms with Gasteiger partial charge in [-0.2, -0.15) is 0 Å². The fraction of sp³-hybridized carbons (Fsp3) is 0. The normalized spacial score (nSPS) is 12.9. The summed E-state index contributed by atoms with van der Waals surface area (Å²) in [4.78, 5) is 8.38. The third kappa shape index (κ3) is 4.39. The maximum Gasteiger partial charge on any atom is 0.0926 e. The van der Waals surface area contributed by atoms with Gasteiger partial charge < -0.3 is 16.1 Å². The number of fused-ring (bicyclic) bond motifs is 2. The van der Waals surface area contributed by atoms with Crippen LogP contribution < -0.4 is 10.6 Å². The molecule has 116 valence electrons. The minimum Gasteiger partial charge on any atom is -0.412 e. The van der Waals surface area contributed by atoms with E-state index in [1.165, 1.54) is 0 Å². The van der Waals surface area contributed by atoms with E-state index >= 15 is 0 Å². The molecule has 5 nitrogen and oxygen atoms in total. The Bertz CT molecular complexity index is 636. The summed E-state index contributed by atoms with van der Waals surface area (Å²) in [6.07, 6.45) is 11.1. The van der Waals surface area contributed by atoms with Crippen LogP contribution in [0.15, 0.2) is 70.9 Å². The van der Waals surface area contributed by atoms with E-state index in [1.807, 2.05) is 73.1 Å². The van der Waals surface area contributed by atoms with Crippen LogP contribution in [0.3, 0.4) is 0 Å². The van der Waals surface area contributed by atoms with E-state index in [9.17, 15) is 0 Å². The van der Waals surface area contributed by atoms with Crippen LogP contribution >= 0.6 is 0 Å². The van der Waals surface area contributed by atoms with Crippen molar-refractivity contribution in [1.29, 1.82) is 0 Å². The Balaban J connectivity index is 0.000000160. The Morgan fingerprint density at radius 2 is 1.04 bits per heavy atom. The number of benzene rings is 2. The summed E-state index contributed by atoms with van der Waals surface area (Å²) in [7, 11) is 0. The molecule has 4 N–H and O–H groups in total. The van der Waals surface area contributed by atoms with Gasteiger partial charge in [0.15, 0.2) is 0 Å². The largest absolute Gasteiger partial charge is 0.412 e. The first-order valence-corrected chi connectivity index (χ1v) is 7.02. The maximum absolute atomic E-state index is 4.19. The third-order valence-electron chi connectivity index (χ3n) is 3.15. The second-order valence-corrected chi connectivity index (χ2v) is 4.63. The van der Waals surface area contributed by atoms with E-state index in [-0.39, 0.29) is 5.48 Å². The molecule has 0 bridgehead atoms. The smallest absolute Gasteiger partial charge is 0.0926 e. The lowest BCUT2D eigenvalue weighted by Crippen LogP contribution is -1.96. The van der Waals surface area contributed by atoms with Crippen molar-refractivity contribution in [3.63, 3.8) is 0 Å². The van der Waals surface area contributed by atoms with Crippen molar-refractivity contribution in [3.05, 3.63) is 72.1 Å². The molecule has 0 saturated carbocycles. The van der Waals surface area contributed by atoms with Crippen LogP contribution in [-0.4, -0.2) is 18.2 Å². The third-order valence-corrected chi connectivity index (χ3v) is 3.15. The van der Waals surface area contributed by atoms with Crippen LogP contribution in [-0.2, 0) is 0 Å². The Kier molecular flexibility index (Phi) is 5.85. The molecule has 2 heterocycles. The van der Waals surface area contributed by atoms with Crippen molar-refractivity contribution in [1.82, 2.24) is 10.6 Å². The minimum absolute atomic E-state index is 0. The summed E-state index contributed by atoms with van der Waals surface area (Å²) >= 11 is 0. The topological polar surface area (TPSA) is 80.3 Å². The second kappa shape index (κ2) is 8.31. The Labute approximate surface area is 135 Å². The quantitative estimate of drug-likeness (QED) is 0.784. The van der Waals surface area contributed by atoms with Crippen molar-refractivity contribution < 1.29 is 5.48 Å². The average Bonchev–Trinajstić information content (AvgIpc) is 2.95. The molecule has 5 heteroatoms. The number of para-hydroxylation sites is 2. The highest BCUT2D eigenvalue weighted by atomic mass is 16.0. The van der Waals surface area contributed by atoms with Gasteiger partial charge in [0.2, 0.25) is 0 Å². The van der Waals surface area contributed by atoms with Gasteiger partial charge in [-0.1, -0.05) is 36.4 Å². The first-order chi connectivity index (χ1) is 10.9. The van der Waals surface area contributed by atoms with Crippen molar-refractivity contribution in [2.45, 2.75) is 0 Å². The Morgan fingerprint density at radius 1 is 0.609 bits per heavy atom. The van der Waals surface area contributed by atoms with Gasteiger partial charge in [0.05, 0.1) is 24.1 Å². The number of rotatable bonds is 0. The summed E-state index contributed by atoms with van der Waals surface area (Å²) in [5, 5.41) is 5.84. The summed E-state index contributed by atoms with van der Waals surface area (Å²) in [6.45, 7) is 0. The zero-order chi connectivity index (χ0) is 15.0. The van der Waals surface area contributed by atoms with Crippen LogP contribution in [0, 0.1) is 0 Å². The number of nitrogens with one attached hydrogen (secondary N) is 2. The summed E-state index contributed by atoms with van der Waals surface area (Å²) < 4.78 is 0. The number of hydrogen-bond acceptors (Lipinski definition) is 4. The lowest BCUT2D eigenvalue weighted by Gasteiger charge is -1.94. The first-order valence-electron chi connectivity index (χ1n) is 7.02. The number of nitrogens with zero attached hydrogens (tertiary/aromatic N) is 2. The van der Waals surface area contributed by atoms with E-state index in [1.54, 1.807) is 12.7 Å². The fourth-order valence-electron chi connectivity index (χ4n) is 2.07. The molecule has 2 aliphatic rings. The first kappa shape index (κ1) is 16.2. The molecule has 0 aliphatic carbocycles. The highest BCUT2D eigenvalue weighted by Gasteiger charge is 1.96. The molecule has 0 aromatic heterocycles. The second-order valence-electron chi connectivity index (χ2n) is 4.63. The lowest BCUT2D eigenvalue weighted by atomic mass is 10.2. The van der Waals surface area contributed by atoms with Gasteiger partial charge in [-0.15, -0.1) is 0 Å². The predicted octanol–water partition coefficient (Wildman–Crippen LogP) is 3.02. The highest BCUT2D eigenvalue weighted by molar-refractivity contribution is 5.74. The molecule has 0 unspecified atom stereocenters. The van der Waals surface area contributed by atoms with Crippen molar-refractivity contribution in [2.24, 2.45) is 9.98 Å². The molecule has 4 rings (SSSR count). The van der Waals surface area contributed by atoms with E-state index in [0.717, 1.165) is 22.5 Å². The van der Waals surface area contributed by atoms with Crippen LogP contribution in [0.4, 0.5) is 11.4 Å². The van der Waals surface area contributed by atoms with Crippen LogP contribution in [0.2, 0.25) is 0 Å². The zero-order valence-corrected chi connectivity index (χ0v) is 12.5. The molecule has 0 amide bonds. The van der Waals surface area contributed by atoms with Gasteiger partial charge in [-0.25, -0.2) is 9.98 Å². The molecular weight excluding hydrogens is 288 g/mol. The molecule has 2 aliphatic heterocycles.